The molecule has 0 amide bonds. The summed E-state index contributed by atoms with van der Waals surface area (Å²) >= 11 is 4.90. The molecule has 0 saturated carbocycles. The van der Waals surface area contributed by atoms with Crippen molar-refractivity contribution >= 4 is 23.0 Å². The molecule has 1 aliphatic heterocycles. The van der Waals surface area contributed by atoms with Gasteiger partial charge in [0.1, 0.15) is 16.5 Å². The average Bonchev–Trinajstić information content (AvgIpc) is 2.69. The van der Waals surface area contributed by atoms with E-state index in [0.717, 1.165) is 31.7 Å². The van der Waals surface area contributed by atoms with Gasteiger partial charge in [-0.1, -0.05) is 36.5 Å². The number of fused-ring (bicyclic) bond motifs is 1. The van der Waals surface area contributed by atoms with Crippen molar-refractivity contribution in [1.29, 1.82) is 0 Å². The largest absolute Gasteiger partial charge is 0.388 e. The van der Waals surface area contributed by atoms with Crippen LogP contribution in [-0.4, -0.2) is 21.5 Å². The van der Waals surface area contributed by atoms with E-state index >= 15 is 0 Å². The fourth-order valence-electron chi connectivity index (χ4n) is 2.51. The first-order valence-corrected chi connectivity index (χ1v) is 7.08. The van der Waals surface area contributed by atoms with Crippen LogP contribution < -0.4 is 10.6 Å². The number of hydrogen-bond acceptors (Lipinski definition) is 4. The lowest BCUT2D eigenvalue weighted by Gasteiger charge is -2.21. The minimum absolute atomic E-state index is 0.283. The second-order valence-corrected chi connectivity index (χ2v) is 5.36. The quantitative estimate of drug-likeness (QED) is 0.856. The summed E-state index contributed by atoms with van der Waals surface area (Å²) in [6.45, 7) is 1.85. The number of hydrogen-bond donors (Lipinski definition) is 1. The molecular weight excluding hydrogens is 268 g/mol. The van der Waals surface area contributed by atoms with Gasteiger partial charge in [-0.05, 0) is 24.0 Å². The number of benzene rings is 1. The van der Waals surface area contributed by atoms with E-state index in [1.54, 1.807) is 12.4 Å². The molecule has 3 rings (SSSR count). The maximum absolute atomic E-state index is 5.55. The molecule has 1 aliphatic rings. The van der Waals surface area contributed by atoms with Gasteiger partial charge in [0.2, 0.25) is 0 Å². The zero-order valence-corrected chi connectivity index (χ0v) is 11.9. The minimum atomic E-state index is 0.283. The predicted molar refractivity (Wildman–Crippen MR) is 83.7 cm³/mol. The van der Waals surface area contributed by atoms with Crippen LogP contribution in [0.25, 0.3) is 0 Å². The van der Waals surface area contributed by atoms with E-state index in [9.17, 15) is 0 Å². The van der Waals surface area contributed by atoms with Gasteiger partial charge in [0.05, 0.1) is 12.4 Å². The molecule has 2 heterocycles. The number of thiocarbonyl (C=S) groups is 1. The molecule has 0 bridgehead atoms. The molecule has 0 saturated heterocycles. The molecule has 1 aromatic heterocycles. The van der Waals surface area contributed by atoms with Crippen LogP contribution in [0.5, 0.6) is 0 Å². The average molecular weight is 284 g/mol. The van der Waals surface area contributed by atoms with E-state index in [2.05, 4.69) is 39.1 Å². The molecule has 0 spiro atoms. The van der Waals surface area contributed by atoms with Crippen molar-refractivity contribution in [2.75, 3.05) is 11.4 Å². The number of anilines is 1. The molecule has 0 radical (unpaired) electrons. The van der Waals surface area contributed by atoms with Gasteiger partial charge in [0, 0.05) is 13.1 Å². The third kappa shape index (κ3) is 2.63. The molecule has 0 atom stereocenters. The van der Waals surface area contributed by atoms with E-state index in [-0.39, 0.29) is 4.99 Å². The lowest BCUT2D eigenvalue weighted by molar-refractivity contribution is 0.752. The summed E-state index contributed by atoms with van der Waals surface area (Å²) in [6, 6.07) is 8.58. The van der Waals surface area contributed by atoms with Gasteiger partial charge >= 0.3 is 0 Å². The van der Waals surface area contributed by atoms with E-state index in [1.807, 2.05) is 0 Å². The molecule has 5 heteroatoms. The molecular formula is C15H16N4S. The van der Waals surface area contributed by atoms with Crippen molar-refractivity contribution in [3.8, 4) is 0 Å². The van der Waals surface area contributed by atoms with Crippen LogP contribution in [0.2, 0.25) is 0 Å². The highest BCUT2D eigenvalue weighted by atomic mass is 32.1. The van der Waals surface area contributed by atoms with Crippen molar-refractivity contribution in [2.24, 2.45) is 5.73 Å². The van der Waals surface area contributed by atoms with Crippen molar-refractivity contribution in [1.82, 2.24) is 9.97 Å². The first-order valence-electron chi connectivity index (χ1n) is 6.67. The highest BCUT2D eigenvalue weighted by molar-refractivity contribution is 7.80. The molecule has 0 unspecified atom stereocenters. The van der Waals surface area contributed by atoms with Crippen molar-refractivity contribution in [3.63, 3.8) is 0 Å². The monoisotopic (exact) mass is 284 g/mol. The standard InChI is InChI=1S/C15H16N4S/c16-15(20)13-8-18-14(9-17-13)19-7-3-6-11-4-1-2-5-12(11)10-19/h1-2,4-5,8-9H,3,6-7,10H2,(H2,16,20). The molecule has 2 aromatic rings. The van der Waals surface area contributed by atoms with Crippen molar-refractivity contribution < 1.29 is 0 Å². The van der Waals surface area contributed by atoms with E-state index in [1.165, 1.54) is 11.1 Å². The normalized spacial score (nSPS) is 14.5. The summed E-state index contributed by atoms with van der Waals surface area (Å²) in [5.74, 6) is 0.877. The van der Waals surface area contributed by atoms with E-state index < -0.39 is 0 Å². The Kier molecular flexibility index (Phi) is 3.60. The summed E-state index contributed by atoms with van der Waals surface area (Å²) in [4.78, 5) is 11.2. The molecule has 1 aromatic carbocycles. The summed E-state index contributed by atoms with van der Waals surface area (Å²) in [6.07, 6.45) is 5.64. The highest BCUT2D eigenvalue weighted by Crippen LogP contribution is 2.21. The van der Waals surface area contributed by atoms with Crippen LogP contribution in [0.4, 0.5) is 5.82 Å². The Morgan fingerprint density at radius 1 is 1.15 bits per heavy atom. The van der Waals surface area contributed by atoms with Gasteiger partial charge in [0.25, 0.3) is 0 Å². The Hall–Kier alpha value is -2.01. The van der Waals surface area contributed by atoms with E-state index in [0.29, 0.717) is 5.69 Å². The molecule has 20 heavy (non-hydrogen) atoms. The fourth-order valence-corrected chi connectivity index (χ4v) is 2.61. The van der Waals surface area contributed by atoms with Gasteiger partial charge in [0.15, 0.2) is 0 Å². The van der Waals surface area contributed by atoms with Crippen molar-refractivity contribution in [3.05, 3.63) is 53.5 Å². The van der Waals surface area contributed by atoms with Gasteiger partial charge in [-0.2, -0.15) is 0 Å². The van der Waals surface area contributed by atoms with Crippen LogP contribution in [0.1, 0.15) is 23.2 Å². The molecule has 4 nitrogen and oxygen atoms in total. The Bertz CT molecular complexity index is 624. The zero-order valence-electron chi connectivity index (χ0n) is 11.1. The molecule has 0 aliphatic carbocycles. The Morgan fingerprint density at radius 3 is 2.65 bits per heavy atom. The summed E-state index contributed by atoms with van der Waals surface area (Å²) in [5, 5.41) is 0. The molecule has 102 valence electrons. The smallest absolute Gasteiger partial charge is 0.147 e. The SMILES string of the molecule is NC(=S)c1cnc(N2CCCc3ccccc3C2)cn1. The fraction of sp³-hybridized carbons (Fsp3) is 0.267. The highest BCUT2D eigenvalue weighted by Gasteiger charge is 2.15. The summed E-state index contributed by atoms with van der Waals surface area (Å²) < 4.78 is 0. The Balaban J connectivity index is 1.85. The van der Waals surface area contributed by atoms with Gasteiger partial charge in [-0.15, -0.1) is 0 Å². The maximum Gasteiger partial charge on any atom is 0.147 e. The minimum Gasteiger partial charge on any atom is -0.388 e. The van der Waals surface area contributed by atoms with E-state index in [4.69, 9.17) is 18.0 Å². The van der Waals surface area contributed by atoms with Gasteiger partial charge in [-0.25, -0.2) is 9.97 Å². The number of nitrogens with two attached hydrogens (primary N) is 1. The topological polar surface area (TPSA) is 55.0 Å². The van der Waals surface area contributed by atoms with Crippen LogP contribution >= 0.6 is 12.2 Å². The molecule has 0 fully saturated rings. The summed E-state index contributed by atoms with van der Waals surface area (Å²) in [7, 11) is 0. The van der Waals surface area contributed by atoms with Crippen molar-refractivity contribution in [2.45, 2.75) is 19.4 Å². The zero-order chi connectivity index (χ0) is 13.9. The first kappa shape index (κ1) is 13.0. The van der Waals surface area contributed by atoms with Crippen LogP contribution in [0, 0.1) is 0 Å². The second kappa shape index (κ2) is 5.54. The lowest BCUT2D eigenvalue weighted by atomic mass is 10.0. The van der Waals surface area contributed by atoms with Gasteiger partial charge in [-0.3, -0.25) is 0 Å². The second-order valence-electron chi connectivity index (χ2n) is 4.92. The maximum atomic E-state index is 5.55. The summed E-state index contributed by atoms with van der Waals surface area (Å²) in [5.41, 5.74) is 8.91. The third-order valence-corrected chi connectivity index (χ3v) is 3.78. The predicted octanol–water partition coefficient (Wildman–Crippen LogP) is 2.06. The Morgan fingerprint density at radius 2 is 1.95 bits per heavy atom. The number of rotatable bonds is 2. The number of nitrogens with zero attached hydrogens (tertiary/aromatic N) is 3. The van der Waals surface area contributed by atoms with Crippen LogP contribution in [0.3, 0.4) is 0 Å². The van der Waals surface area contributed by atoms with Crippen LogP contribution in [0.15, 0.2) is 36.7 Å². The first-order chi connectivity index (χ1) is 9.74. The lowest BCUT2D eigenvalue weighted by Crippen LogP contribution is -2.24. The Labute approximate surface area is 123 Å². The number of aryl methyl sites for hydroxylation is 1. The number of aromatic nitrogens is 2. The third-order valence-electron chi connectivity index (χ3n) is 3.57. The van der Waals surface area contributed by atoms with Gasteiger partial charge < -0.3 is 10.6 Å². The van der Waals surface area contributed by atoms with Crippen LogP contribution in [-0.2, 0) is 13.0 Å². The molecule has 2 N–H and O–H groups in total.